The van der Waals surface area contributed by atoms with Crippen LogP contribution >= 0.6 is 0 Å². The van der Waals surface area contributed by atoms with E-state index in [9.17, 15) is 9.59 Å². The molecule has 0 radical (unpaired) electrons. The van der Waals surface area contributed by atoms with Crippen LogP contribution in [0.3, 0.4) is 0 Å². The fraction of sp³-hybridized carbons (Fsp3) is 0.750. The van der Waals surface area contributed by atoms with Crippen molar-refractivity contribution in [3.63, 3.8) is 0 Å². The summed E-state index contributed by atoms with van der Waals surface area (Å²) in [6, 6.07) is 0. The molecule has 0 saturated carbocycles. The number of rotatable bonds is 5. The van der Waals surface area contributed by atoms with Gasteiger partial charge in [0.25, 0.3) is 0 Å². The highest BCUT2D eigenvalue weighted by Gasteiger charge is 2.16. The standard InChI is InChI=1S/C8H14O3/c1-3-4-7(5-6-9)8(10)11-2/h6-7H,3-5H2,1-2H3. The van der Waals surface area contributed by atoms with Crippen LogP contribution in [0.15, 0.2) is 0 Å². The van der Waals surface area contributed by atoms with E-state index in [4.69, 9.17) is 0 Å². The van der Waals surface area contributed by atoms with Crippen molar-refractivity contribution in [3.8, 4) is 0 Å². The minimum Gasteiger partial charge on any atom is -0.469 e. The van der Waals surface area contributed by atoms with Crippen molar-refractivity contribution in [2.75, 3.05) is 7.11 Å². The van der Waals surface area contributed by atoms with E-state index in [1.54, 1.807) is 0 Å². The lowest BCUT2D eigenvalue weighted by Crippen LogP contribution is -2.16. The van der Waals surface area contributed by atoms with Crippen LogP contribution in [0, 0.1) is 5.92 Å². The molecule has 0 saturated heterocycles. The Labute approximate surface area is 66.7 Å². The molecule has 0 N–H and O–H groups in total. The second-order valence-corrected chi connectivity index (χ2v) is 2.41. The maximum absolute atomic E-state index is 10.9. The quantitative estimate of drug-likeness (QED) is 0.445. The Bertz CT molecular complexity index is 131. The molecule has 0 heterocycles. The lowest BCUT2D eigenvalue weighted by Gasteiger charge is -2.08. The van der Waals surface area contributed by atoms with Gasteiger partial charge in [-0.15, -0.1) is 0 Å². The molecule has 0 aliphatic rings. The third-order valence-corrected chi connectivity index (χ3v) is 1.55. The molecule has 0 aromatic heterocycles. The molecule has 0 aromatic carbocycles. The van der Waals surface area contributed by atoms with E-state index in [0.29, 0.717) is 0 Å². The predicted octanol–water partition coefficient (Wildman–Crippen LogP) is 1.16. The average molecular weight is 158 g/mol. The summed E-state index contributed by atoms with van der Waals surface area (Å²) >= 11 is 0. The second kappa shape index (κ2) is 5.89. The van der Waals surface area contributed by atoms with Crippen LogP contribution in [-0.2, 0) is 14.3 Å². The molecule has 3 nitrogen and oxygen atoms in total. The Morgan fingerprint density at radius 2 is 2.27 bits per heavy atom. The smallest absolute Gasteiger partial charge is 0.309 e. The molecule has 1 atom stereocenters. The summed E-state index contributed by atoms with van der Waals surface area (Å²) in [6.45, 7) is 1.97. The third kappa shape index (κ3) is 3.75. The van der Waals surface area contributed by atoms with Crippen molar-refractivity contribution < 1.29 is 14.3 Å². The number of carbonyl (C=O) groups is 2. The minimum atomic E-state index is -0.279. The fourth-order valence-electron chi connectivity index (χ4n) is 0.963. The van der Waals surface area contributed by atoms with Crippen LogP contribution in [0.5, 0.6) is 0 Å². The summed E-state index contributed by atoms with van der Waals surface area (Å²) < 4.78 is 4.52. The van der Waals surface area contributed by atoms with E-state index in [-0.39, 0.29) is 18.3 Å². The van der Waals surface area contributed by atoms with Crippen LogP contribution in [0.25, 0.3) is 0 Å². The van der Waals surface area contributed by atoms with Crippen molar-refractivity contribution in [1.82, 2.24) is 0 Å². The first-order valence-electron chi connectivity index (χ1n) is 3.77. The number of methoxy groups -OCH3 is 1. The third-order valence-electron chi connectivity index (χ3n) is 1.55. The van der Waals surface area contributed by atoms with Crippen LogP contribution in [-0.4, -0.2) is 19.4 Å². The number of esters is 1. The molecule has 0 aliphatic heterocycles. The van der Waals surface area contributed by atoms with E-state index in [2.05, 4.69) is 4.74 Å². The summed E-state index contributed by atoms with van der Waals surface area (Å²) in [5, 5.41) is 0. The van der Waals surface area contributed by atoms with E-state index in [1.165, 1.54) is 7.11 Å². The van der Waals surface area contributed by atoms with E-state index < -0.39 is 0 Å². The lowest BCUT2D eigenvalue weighted by atomic mass is 10.0. The number of ether oxygens (including phenoxy) is 1. The van der Waals surface area contributed by atoms with Gasteiger partial charge in [0.2, 0.25) is 0 Å². The first-order chi connectivity index (χ1) is 5.26. The zero-order valence-corrected chi connectivity index (χ0v) is 7.00. The van der Waals surface area contributed by atoms with Crippen molar-refractivity contribution in [2.45, 2.75) is 26.2 Å². The zero-order chi connectivity index (χ0) is 8.69. The van der Waals surface area contributed by atoms with Crippen LogP contribution in [0.1, 0.15) is 26.2 Å². The maximum Gasteiger partial charge on any atom is 0.309 e. The average Bonchev–Trinajstić information content (AvgIpc) is 2.03. The van der Waals surface area contributed by atoms with Gasteiger partial charge >= 0.3 is 5.97 Å². The summed E-state index contributed by atoms with van der Waals surface area (Å²) in [5.41, 5.74) is 0. The van der Waals surface area contributed by atoms with Gasteiger partial charge in [0.05, 0.1) is 13.0 Å². The van der Waals surface area contributed by atoms with Gasteiger partial charge in [0, 0.05) is 6.42 Å². The molecule has 0 bridgehead atoms. The summed E-state index contributed by atoms with van der Waals surface area (Å²) in [7, 11) is 1.34. The molecule has 0 aromatic rings. The first kappa shape index (κ1) is 10.1. The van der Waals surface area contributed by atoms with Crippen molar-refractivity contribution in [3.05, 3.63) is 0 Å². The van der Waals surface area contributed by atoms with Crippen LogP contribution < -0.4 is 0 Å². The fourth-order valence-corrected chi connectivity index (χ4v) is 0.963. The first-order valence-corrected chi connectivity index (χ1v) is 3.77. The largest absolute Gasteiger partial charge is 0.469 e. The topological polar surface area (TPSA) is 43.4 Å². The molecular weight excluding hydrogens is 144 g/mol. The van der Waals surface area contributed by atoms with Gasteiger partial charge in [-0.1, -0.05) is 13.3 Å². The van der Waals surface area contributed by atoms with E-state index in [1.807, 2.05) is 6.92 Å². The van der Waals surface area contributed by atoms with Gasteiger partial charge in [-0.3, -0.25) is 4.79 Å². The summed E-state index contributed by atoms with van der Waals surface area (Å²) in [5.74, 6) is -0.513. The number of hydrogen-bond acceptors (Lipinski definition) is 3. The van der Waals surface area contributed by atoms with Gasteiger partial charge in [-0.25, -0.2) is 0 Å². The van der Waals surface area contributed by atoms with Crippen LogP contribution in [0.2, 0.25) is 0 Å². The number of hydrogen-bond donors (Lipinski definition) is 0. The Morgan fingerprint density at radius 3 is 2.64 bits per heavy atom. The molecule has 11 heavy (non-hydrogen) atoms. The Hall–Kier alpha value is -0.860. The van der Waals surface area contributed by atoms with Crippen molar-refractivity contribution in [1.29, 1.82) is 0 Å². The molecule has 0 amide bonds. The molecule has 1 unspecified atom stereocenters. The maximum atomic E-state index is 10.9. The highest BCUT2D eigenvalue weighted by Crippen LogP contribution is 2.10. The van der Waals surface area contributed by atoms with Crippen molar-refractivity contribution >= 4 is 12.3 Å². The Balaban J connectivity index is 3.86. The molecule has 0 spiro atoms. The minimum absolute atomic E-state index is 0.234. The highest BCUT2D eigenvalue weighted by molar-refractivity contribution is 5.75. The van der Waals surface area contributed by atoms with Gasteiger partial charge < -0.3 is 9.53 Å². The molecule has 0 rings (SSSR count). The molecule has 3 heteroatoms. The van der Waals surface area contributed by atoms with Gasteiger partial charge in [0.15, 0.2) is 0 Å². The SMILES string of the molecule is CCCC(CC=O)C(=O)OC. The van der Waals surface area contributed by atoms with Gasteiger partial charge in [0.1, 0.15) is 6.29 Å². The molecule has 64 valence electrons. The number of aldehydes is 1. The molecule has 0 aliphatic carbocycles. The monoisotopic (exact) mass is 158 g/mol. The summed E-state index contributed by atoms with van der Waals surface area (Å²) in [4.78, 5) is 21.0. The lowest BCUT2D eigenvalue weighted by molar-refractivity contribution is -0.146. The van der Waals surface area contributed by atoms with E-state index in [0.717, 1.165) is 19.1 Å². The zero-order valence-electron chi connectivity index (χ0n) is 7.00. The molecular formula is C8H14O3. The summed E-state index contributed by atoms with van der Waals surface area (Å²) in [6.07, 6.45) is 2.66. The van der Waals surface area contributed by atoms with E-state index >= 15 is 0 Å². The highest BCUT2D eigenvalue weighted by atomic mass is 16.5. The normalized spacial score (nSPS) is 12.2. The predicted molar refractivity (Wildman–Crippen MR) is 41.1 cm³/mol. The van der Waals surface area contributed by atoms with Crippen LogP contribution in [0.4, 0.5) is 0 Å². The molecule has 0 fully saturated rings. The number of carbonyl (C=O) groups excluding carboxylic acids is 2. The van der Waals surface area contributed by atoms with Gasteiger partial charge in [-0.05, 0) is 6.42 Å². The Morgan fingerprint density at radius 1 is 1.64 bits per heavy atom. The second-order valence-electron chi connectivity index (χ2n) is 2.41. The van der Waals surface area contributed by atoms with Crippen molar-refractivity contribution in [2.24, 2.45) is 5.92 Å². The Kier molecular flexibility index (Phi) is 5.43. The van der Waals surface area contributed by atoms with Gasteiger partial charge in [-0.2, -0.15) is 0 Å².